The van der Waals surface area contributed by atoms with Crippen molar-refractivity contribution in [2.24, 2.45) is 0 Å². The zero-order valence-electron chi connectivity index (χ0n) is 9.15. The Bertz CT molecular complexity index is 505. The van der Waals surface area contributed by atoms with Gasteiger partial charge in [0, 0.05) is 23.0 Å². The van der Waals surface area contributed by atoms with E-state index < -0.39 is 0 Å². The maximum absolute atomic E-state index is 11.9. The van der Waals surface area contributed by atoms with Gasteiger partial charge in [0.05, 0.1) is 4.88 Å². The third-order valence-corrected chi connectivity index (χ3v) is 3.34. The van der Waals surface area contributed by atoms with Gasteiger partial charge in [-0.15, -0.1) is 11.3 Å². The number of hydrogen-bond acceptors (Lipinski definition) is 3. The molecule has 0 aromatic carbocycles. The molecule has 4 heteroatoms. The van der Waals surface area contributed by atoms with Gasteiger partial charge in [0.15, 0.2) is 0 Å². The molecular weight excluding hydrogens is 220 g/mol. The molecule has 0 radical (unpaired) electrons. The van der Waals surface area contributed by atoms with Crippen LogP contribution in [0, 0.1) is 13.8 Å². The van der Waals surface area contributed by atoms with Crippen LogP contribution in [-0.4, -0.2) is 10.9 Å². The fourth-order valence-electron chi connectivity index (χ4n) is 1.49. The molecule has 0 atom stereocenters. The molecule has 0 bridgehead atoms. The lowest BCUT2D eigenvalue weighted by atomic mass is 10.2. The highest BCUT2D eigenvalue weighted by molar-refractivity contribution is 7.14. The summed E-state index contributed by atoms with van der Waals surface area (Å²) in [4.78, 5) is 17.7. The lowest BCUT2D eigenvalue weighted by Crippen LogP contribution is -2.11. The van der Waals surface area contributed by atoms with Crippen LogP contribution in [0.1, 0.15) is 20.1 Å². The molecule has 2 aromatic heterocycles. The summed E-state index contributed by atoms with van der Waals surface area (Å²) < 4.78 is 0. The second-order valence-corrected chi connectivity index (χ2v) is 4.82. The molecule has 82 valence electrons. The van der Waals surface area contributed by atoms with E-state index in [1.807, 2.05) is 19.9 Å². The molecule has 2 rings (SSSR count). The Kier molecular flexibility index (Phi) is 3.01. The second kappa shape index (κ2) is 4.45. The lowest BCUT2D eigenvalue weighted by Gasteiger charge is -2.03. The predicted octanol–water partition coefficient (Wildman–Crippen LogP) is 3.01. The maximum Gasteiger partial charge on any atom is 0.266 e. The summed E-state index contributed by atoms with van der Waals surface area (Å²) in [6.07, 6.45) is 3.31. The lowest BCUT2D eigenvalue weighted by molar-refractivity contribution is 0.103. The minimum atomic E-state index is -0.0539. The first kappa shape index (κ1) is 10.8. The highest BCUT2D eigenvalue weighted by Gasteiger charge is 2.11. The highest BCUT2D eigenvalue weighted by Crippen LogP contribution is 2.21. The van der Waals surface area contributed by atoms with Crippen LogP contribution in [-0.2, 0) is 0 Å². The number of hydrogen-bond donors (Lipinski definition) is 1. The van der Waals surface area contributed by atoms with Crippen molar-refractivity contribution in [3.05, 3.63) is 45.9 Å². The molecule has 0 aliphatic carbocycles. The Hall–Kier alpha value is -1.68. The number of aromatic nitrogens is 1. The second-order valence-electron chi connectivity index (χ2n) is 3.56. The van der Waals surface area contributed by atoms with Crippen LogP contribution < -0.4 is 5.32 Å². The molecule has 0 aliphatic heterocycles. The molecule has 1 N–H and O–H groups in total. The molecule has 1 amide bonds. The number of nitrogens with one attached hydrogen (secondary N) is 1. The number of aryl methyl sites for hydroxylation is 2. The number of amides is 1. The van der Waals surface area contributed by atoms with Crippen LogP contribution in [0.15, 0.2) is 30.6 Å². The topological polar surface area (TPSA) is 42.0 Å². The van der Waals surface area contributed by atoms with Crippen LogP contribution in [0.2, 0.25) is 0 Å². The Morgan fingerprint density at radius 1 is 1.31 bits per heavy atom. The van der Waals surface area contributed by atoms with E-state index in [1.165, 1.54) is 11.3 Å². The molecule has 0 unspecified atom stereocenters. The SMILES string of the molecule is Cc1cc(C)c(C(=O)Nc2ccncc2)s1. The average Bonchev–Trinajstić information content (AvgIpc) is 2.59. The first-order valence-electron chi connectivity index (χ1n) is 4.95. The van der Waals surface area contributed by atoms with Gasteiger partial charge in [0.1, 0.15) is 0 Å². The molecule has 2 aromatic rings. The van der Waals surface area contributed by atoms with E-state index >= 15 is 0 Å². The van der Waals surface area contributed by atoms with Gasteiger partial charge < -0.3 is 5.32 Å². The van der Waals surface area contributed by atoms with Gasteiger partial charge in [-0.1, -0.05) is 0 Å². The Morgan fingerprint density at radius 3 is 2.56 bits per heavy atom. The summed E-state index contributed by atoms with van der Waals surface area (Å²) in [5, 5.41) is 2.84. The van der Waals surface area contributed by atoms with E-state index in [1.54, 1.807) is 24.5 Å². The van der Waals surface area contributed by atoms with Crippen LogP contribution in [0.4, 0.5) is 5.69 Å². The monoisotopic (exact) mass is 232 g/mol. The van der Waals surface area contributed by atoms with Crippen molar-refractivity contribution in [3.63, 3.8) is 0 Å². The summed E-state index contributed by atoms with van der Waals surface area (Å²) >= 11 is 1.51. The Labute approximate surface area is 98.2 Å². The van der Waals surface area contributed by atoms with Gasteiger partial charge in [0.25, 0.3) is 5.91 Å². The van der Waals surface area contributed by atoms with Gasteiger partial charge in [-0.25, -0.2) is 0 Å². The standard InChI is InChI=1S/C12H12N2OS/c1-8-7-9(2)16-11(8)12(15)14-10-3-5-13-6-4-10/h3-7H,1-2H3,(H,13,14,15). The molecule has 0 saturated carbocycles. The van der Waals surface area contributed by atoms with Crippen molar-refractivity contribution in [2.45, 2.75) is 13.8 Å². The normalized spacial score (nSPS) is 10.1. The van der Waals surface area contributed by atoms with Crippen LogP contribution in [0.5, 0.6) is 0 Å². The summed E-state index contributed by atoms with van der Waals surface area (Å²) in [5.74, 6) is -0.0539. The van der Waals surface area contributed by atoms with E-state index in [0.29, 0.717) is 0 Å². The third kappa shape index (κ3) is 2.28. The van der Waals surface area contributed by atoms with E-state index in [-0.39, 0.29) is 5.91 Å². The summed E-state index contributed by atoms with van der Waals surface area (Å²) in [5.41, 5.74) is 1.79. The fraction of sp³-hybridized carbons (Fsp3) is 0.167. The number of nitrogens with zero attached hydrogens (tertiary/aromatic N) is 1. The molecule has 0 spiro atoms. The van der Waals surface area contributed by atoms with Crippen molar-refractivity contribution in [1.29, 1.82) is 0 Å². The Morgan fingerprint density at radius 2 is 2.00 bits per heavy atom. The maximum atomic E-state index is 11.9. The highest BCUT2D eigenvalue weighted by atomic mass is 32.1. The van der Waals surface area contributed by atoms with Crippen LogP contribution in [0.25, 0.3) is 0 Å². The zero-order valence-corrected chi connectivity index (χ0v) is 9.97. The minimum absolute atomic E-state index is 0.0539. The number of carbonyl (C=O) groups excluding carboxylic acids is 1. The first-order valence-corrected chi connectivity index (χ1v) is 5.77. The smallest absolute Gasteiger partial charge is 0.266 e. The van der Waals surface area contributed by atoms with E-state index in [4.69, 9.17) is 0 Å². The average molecular weight is 232 g/mol. The van der Waals surface area contributed by atoms with Crippen molar-refractivity contribution in [3.8, 4) is 0 Å². The first-order chi connectivity index (χ1) is 7.66. The molecule has 0 fully saturated rings. The number of rotatable bonds is 2. The van der Waals surface area contributed by atoms with E-state index in [2.05, 4.69) is 10.3 Å². The summed E-state index contributed by atoms with van der Waals surface area (Å²) in [7, 11) is 0. The minimum Gasteiger partial charge on any atom is -0.321 e. The van der Waals surface area contributed by atoms with E-state index in [0.717, 1.165) is 21.0 Å². The van der Waals surface area contributed by atoms with Crippen molar-refractivity contribution < 1.29 is 4.79 Å². The number of thiophene rings is 1. The van der Waals surface area contributed by atoms with Gasteiger partial charge in [-0.05, 0) is 37.6 Å². The van der Waals surface area contributed by atoms with Crippen LogP contribution in [0.3, 0.4) is 0 Å². The van der Waals surface area contributed by atoms with Crippen LogP contribution >= 0.6 is 11.3 Å². The predicted molar refractivity (Wildman–Crippen MR) is 66.0 cm³/mol. The quantitative estimate of drug-likeness (QED) is 0.864. The molecule has 0 aliphatic rings. The largest absolute Gasteiger partial charge is 0.321 e. The number of carbonyl (C=O) groups is 1. The van der Waals surface area contributed by atoms with Gasteiger partial charge in [-0.3, -0.25) is 9.78 Å². The summed E-state index contributed by atoms with van der Waals surface area (Å²) in [6, 6.07) is 5.56. The van der Waals surface area contributed by atoms with Gasteiger partial charge in [0.2, 0.25) is 0 Å². The number of pyridine rings is 1. The van der Waals surface area contributed by atoms with Gasteiger partial charge >= 0.3 is 0 Å². The molecule has 16 heavy (non-hydrogen) atoms. The van der Waals surface area contributed by atoms with Crippen molar-refractivity contribution in [1.82, 2.24) is 4.98 Å². The molecule has 3 nitrogen and oxygen atoms in total. The van der Waals surface area contributed by atoms with Crippen molar-refractivity contribution >= 4 is 22.9 Å². The third-order valence-electron chi connectivity index (χ3n) is 2.19. The molecule has 0 saturated heterocycles. The summed E-state index contributed by atoms with van der Waals surface area (Å²) in [6.45, 7) is 3.95. The zero-order chi connectivity index (χ0) is 11.5. The van der Waals surface area contributed by atoms with Gasteiger partial charge in [-0.2, -0.15) is 0 Å². The van der Waals surface area contributed by atoms with Crippen molar-refractivity contribution in [2.75, 3.05) is 5.32 Å². The fourth-order valence-corrected chi connectivity index (χ4v) is 2.41. The Balaban J connectivity index is 2.18. The number of anilines is 1. The molecule has 2 heterocycles. The molecular formula is C12H12N2OS. The van der Waals surface area contributed by atoms with E-state index in [9.17, 15) is 4.79 Å².